The highest BCUT2D eigenvalue weighted by Crippen LogP contribution is 2.35. The summed E-state index contributed by atoms with van der Waals surface area (Å²) in [6, 6.07) is 18.6. The van der Waals surface area contributed by atoms with Crippen LogP contribution in [0.2, 0.25) is 0 Å². The molecule has 4 heterocycles. The zero-order valence-electron chi connectivity index (χ0n) is 16.5. The fraction of sp³-hybridized carbons (Fsp3) is 0.0435. The van der Waals surface area contributed by atoms with Crippen molar-refractivity contribution in [2.45, 2.75) is 16.5 Å². The quantitative estimate of drug-likeness (QED) is 0.231. The largest absolute Gasteiger partial charge is 0.467 e. The summed E-state index contributed by atoms with van der Waals surface area (Å²) in [6.07, 6.45) is 4.82. The molecule has 9 heteroatoms. The minimum atomic E-state index is -0.260. The molecular formula is C23H15N3O3S3. The van der Waals surface area contributed by atoms with Crippen LogP contribution >= 0.6 is 35.7 Å². The van der Waals surface area contributed by atoms with Crippen LogP contribution in [0.5, 0.6) is 0 Å². The summed E-state index contributed by atoms with van der Waals surface area (Å²) in [5.74, 6) is 0.375. The third-order valence-electron chi connectivity index (χ3n) is 4.73. The number of furan rings is 1. The van der Waals surface area contributed by atoms with Gasteiger partial charge >= 0.3 is 0 Å². The third-order valence-corrected chi connectivity index (χ3v) is 7.13. The monoisotopic (exact) mass is 477 g/mol. The van der Waals surface area contributed by atoms with E-state index in [0.29, 0.717) is 31.2 Å². The van der Waals surface area contributed by atoms with E-state index in [2.05, 4.69) is 0 Å². The van der Waals surface area contributed by atoms with E-state index < -0.39 is 0 Å². The van der Waals surface area contributed by atoms with E-state index in [1.54, 1.807) is 42.8 Å². The molecule has 1 saturated heterocycles. The number of thioether (sulfide) groups is 1. The van der Waals surface area contributed by atoms with Crippen LogP contribution < -0.4 is 5.56 Å². The third kappa shape index (κ3) is 4.02. The Kier molecular flexibility index (Phi) is 5.69. The van der Waals surface area contributed by atoms with Crippen molar-refractivity contribution >= 4 is 57.7 Å². The molecule has 1 aliphatic heterocycles. The number of nitrogens with zero attached hydrogens (tertiary/aromatic N) is 3. The van der Waals surface area contributed by atoms with Crippen LogP contribution in [0.15, 0.2) is 97.2 Å². The number of thiocarbonyl (C=S) groups is 1. The van der Waals surface area contributed by atoms with Gasteiger partial charge in [-0.25, -0.2) is 4.98 Å². The predicted octanol–water partition coefficient (Wildman–Crippen LogP) is 4.84. The molecule has 0 radical (unpaired) electrons. The Balaban J connectivity index is 1.58. The number of hydrogen-bond donors (Lipinski definition) is 0. The Morgan fingerprint density at radius 3 is 2.66 bits per heavy atom. The average Bonchev–Trinajstić information content (AvgIpc) is 3.41. The number of benzene rings is 1. The Bertz CT molecular complexity index is 1410. The van der Waals surface area contributed by atoms with E-state index in [1.165, 1.54) is 32.8 Å². The first-order valence-electron chi connectivity index (χ1n) is 9.62. The van der Waals surface area contributed by atoms with E-state index in [4.69, 9.17) is 21.6 Å². The second kappa shape index (κ2) is 8.78. The Morgan fingerprint density at radius 1 is 1.06 bits per heavy atom. The molecule has 3 aromatic heterocycles. The van der Waals surface area contributed by atoms with Crippen LogP contribution in [0, 0.1) is 0 Å². The van der Waals surface area contributed by atoms with Crippen molar-refractivity contribution in [2.24, 2.45) is 0 Å². The van der Waals surface area contributed by atoms with Crippen LogP contribution in [0.3, 0.4) is 0 Å². The standard InChI is InChI=1S/C23H15N3O3S3/c27-21-17(13-18-22(28)26(23(30)32-18)14-15-7-6-12-29-15)20(31-16-8-2-1-3-9-16)24-19-10-4-5-11-25(19)21/h1-13H,14H2/b18-13-. The van der Waals surface area contributed by atoms with E-state index in [-0.39, 0.29) is 18.0 Å². The van der Waals surface area contributed by atoms with Crippen molar-refractivity contribution in [2.75, 3.05) is 0 Å². The van der Waals surface area contributed by atoms with Gasteiger partial charge in [-0.15, -0.1) is 0 Å². The number of aromatic nitrogens is 2. The van der Waals surface area contributed by atoms with Crippen molar-refractivity contribution < 1.29 is 9.21 Å². The molecule has 1 aromatic carbocycles. The fourth-order valence-corrected chi connectivity index (χ4v) is 5.36. The maximum atomic E-state index is 13.3. The normalized spacial score (nSPS) is 15.2. The molecule has 0 spiro atoms. The zero-order valence-corrected chi connectivity index (χ0v) is 19.0. The molecule has 0 bridgehead atoms. The zero-order chi connectivity index (χ0) is 22.1. The van der Waals surface area contributed by atoms with Crippen molar-refractivity contribution in [1.82, 2.24) is 14.3 Å². The topological polar surface area (TPSA) is 67.8 Å². The summed E-state index contributed by atoms with van der Waals surface area (Å²) in [7, 11) is 0. The Morgan fingerprint density at radius 2 is 1.88 bits per heavy atom. The second-order valence-electron chi connectivity index (χ2n) is 6.83. The lowest BCUT2D eigenvalue weighted by Gasteiger charge is -2.12. The number of pyridine rings is 1. The summed E-state index contributed by atoms with van der Waals surface area (Å²) in [5.41, 5.74) is 0.643. The van der Waals surface area contributed by atoms with Gasteiger partial charge in [0.25, 0.3) is 11.5 Å². The van der Waals surface area contributed by atoms with E-state index in [1.807, 2.05) is 36.4 Å². The van der Waals surface area contributed by atoms with E-state index >= 15 is 0 Å². The summed E-state index contributed by atoms with van der Waals surface area (Å²) < 4.78 is 7.25. The highest BCUT2D eigenvalue weighted by molar-refractivity contribution is 8.26. The van der Waals surface area contributed by atoms with Gasteiger partial charge in [0, 0.05) is 11.1 Å². The molecule has 32 heavy (non-hydrogen) atoms. The molecule has 1 aliphatic rings. The van der Waals surface area contributed by atoms with Crippen molar-refractivity contribution in [3.8, 4) is 0 Å². The fourth-order valence-electron chi connectivity index (χ4n) is 3.21. The Hall–Kier alpha value is -3.14. The molecule has 6 nitrogen and oxygen atoms in total. The smallest absolute Gasteiger partial charge is 0.266 e. The average molecular weight is 478 g/mol. The number of fused-ring (bicyclic) bond motifs is 1. The minimum Gasteiger partial charge on any atom is -0.467 e. The molecule has 1 fully saturated rings. The van der Waals surface area contributed by atoms with Gasteiger partial charge in [0.15, 0.2) is 0 Å². The number of amides is 1. The second-order valence-corrected chi connectivity index (χ2v) is 9.56. The molecule has 5 rings (SSSR count). The molecule has 0 saturated carbocycles. The summed E-state index contributed by atoms with van der Waals surface area (Å²) in [6.45, 7) is 0.246. The van der Waals surface area contributed by atoms with Gasteiger partial charge in [0.2, 0.25) is 0 Å². The first kappa shape index (κ1) is 20.7. The van der Waals surface area contributed by atoms with Gasteiger partial charge < -0.3 is 4.42 Å². The SMILES string of the molecule is O=C1/C(=C/c2c(Sc3ccccc3)nc3ccccn3c2=O)SC(=S)N1Cc1ccco1. The minimum absolute atomic E-state index is 0.245. The van der Waals surface area contributed by atoms with Crippen molar-refractivity contribution in [3.63, 3.8) is 0 Å². The maximum Gasteiger partial charge on any atom is 0.266 e. The van der Waals surface area contributed by atoms with Crippen molar-refractivity contribution in [1.29, 1.82) is 0 Å². The summed E-state index contributed by atoms with van der Waals surface area (Å²) in [5, 5.41) is 0.531. The van der Waals surface area contributed by atoms with Gasteiger partial charge in [-0.05, 0) is 42.5 Å². The van der Waals surface area contributed by atoms with Gasteiger partial charge in [0.05, 0.1) is 23.3 Å². The van der Waals surface area contributed by atoms with E-state index in [9.17, 15) is 9.59 Å². The lowest BCUT2D eigenvalue weighted by Crippen LogP contribution is -2.27. The molecule has 4 aromatic rings. The predicted molar refractivity (Wildman–Crippen MR) is 129 cm³/mol. The van der Waals surface area contributed by atoms with Crippen molar-refractivity contribution in [3.05, 3.63) is 99.7 Å². The molecule has 0 aliphatic carbocycles. The van der Waals surface area contributed by atoms with E-state index in [0.717, 1.165) is 4.90 Å². The van der Waals surface area contributed by atoms with Gasteiger partial charge in [-0.1, -0.05) is 60.0 Å². The number of carbonyl (C=O) groups excluding carboxylic acids is 1. The maximum absolute atomic E-state index is 13.3. The highest BCUT2D eigenvalue weighted by Gasteiger charge is 2.33. The highest BCUT2D eigenvalue weighted by atomic mass is 32.2. The molecule has 1 amide bonds. The Labute approximate surface area is 197 Å². The lowest BCUT2D eigenvalue weighted by molar-refractivity contribution is -0.122. The first-order valence-corrected chi connectivity index (χ1v) is 11.7. The number of carbonyl (C=O) groups is 1. The van der Waals surface area contributed by atoms with Gasteiger partial charge in [-0.3, -0.25) is 18.9 Å². The molecule has 0 unspecified atom stereocenters. The van der Waals surface area contributed by atoms with Crippen LogP contribution in [0.25, 0.3) is 11.7 Å². The van der Waals surface area contributed by atoms with Crippen LogP contribution in [-0.4, -0.2) is 24.5 Å². The van der Waals surface area contributed by atoms with Gasteiger partial charge in [0.1, 0.15) is 20.8 Å². The molecule has 158 valence electrons. The summed E-state index contributed by atoms with van der Waals surface area (Å²) >= 11 is 7.96. The summed E-state index contributed by atoms with van der Waals surface area (Å²) in [4.78, 5) is 33.9. The van der Waals surface area contributed by atoms with Gasteiger partial charge in [-0.2, -0.15) is 0 Å². The molecular weight excluding hydrogens is 462 g/mol. The van der Waals surface area contributed by atoms with Crippen LogP contribution in [-0.2, 0) is 11.3 Å². The van der Waals surface area contributed by atoms with Crippen LogP contribution in [0.1, 0.15) is 11.3 Å². The first-order chi connectivity index (χ1) is 15.6. The van der Waals surface area contributed by atoms with Crippen LogP contribution in [0.4, 0.5) is 0 Å². The molecule has 0 N–H and O–H groups in total. The lowest BCUT2D eigenvalue weighted by atomic mass is 10.2. The molecule has 0 atom stereocenters. The number of rotatable bonds is 5. The number of hydrogen-bond acceptors (Lipinski definition) is 7.